The van der Waals surface area contributed by atoms with Gasteiger partial charge in [-0.3, -0.25) is 9.78 Å². The van der Waals surface area contributed by atoms with Gasteiger partial charge in [-0.05, 0) is 127 Å². The number of halogens is 2. The third kappa shape index (κ3) is 7.65. The van der Waals surface area contributed by atoms with Gasteiger partial charge in [0.15, 0.2) is 0 Å². The summed E-state index contributed by atoms with van der Waals surface area (Å²) in [6.45, 7) is 11.4. The summed E-state index contributed by atoms with van der Waals surface area (Å²) in [6.07, 6.45) is 2.80. The van der Waals surface area contributed by atoms with Crippen molar-refractivity contribution < 1.29 is 24.2 Å². The summed E-state index contributed by atoms with van der Waals surface area (Å²) in [4.78, 5) is 46.6. The van der Waals surface area contributed by atoms with E-state index in [-0.39, 0.29) is 30.7 Å². The number of hydrogen-bond acceptors (Lipinski definition) is 8. The Morgan fingerprint density at radius 1 is 0.935 bits per heavy atom. The number of carboxylic acid groups (broad SMARTS) is 1. The summed E-state index contributed by atoms with van der Waals surface area (Å²) in [5, 5.41) is 13.2. The van der Waals surface area contributed by atoms with Crippen LogP contribution in [0, 0.1) is 27.7 Å². The van der Waals surface area contributed by atoms with Crippen molar-refractivity contribution >= 4 is 62.6 Å². The number of anilines is 1. The number of carboxylic acids is 1. The maximum absolute atomic E-state index is 15.6. The SMILES string of the molecule is COc1ccc(N2CC(C)n3c(c(CCCOc4cc(C)c(Cl)c(C)c4)c4ccc(Cl)c(-c5c(C)nc(CN(C)C)nc5C)c43)C2=O)c2c1cc(C(=O)O)n2Cc1ccccn1. The topological polar surface area (TPSA) is 128 Å². The lowest BCUT2D eigenvalue weighted by molar-refractivity contribution is 0.0686. The number of carbonyl (C=O) groups excluding carboxylic acids is 1. The summed E-state index contributed by atoms with van der Waals surface area (Å²) < 4.78 is 15.9. The number of methoxy groups -OCH3 is 1. The molecular formula is C48H49Cl2N7O5. The minimum atomic E-state index is -1.11. The van der Waals surface area contributed by atoms with Crippen LogP contribution < -0.4 is 14.4 Å². The van der Waals surface area contributed by atoms with Gasteiger partial charge >= 0.3 is 5.97 Å². The average molecular weight is 875 g/mol. The first-order chi connectivity index (χ1) is 29.7. The Morgan fingerprint density at radius 3 is 2.31 bits per heavy atom. The second-order valence-corrected chi connectivity index (χ2v) is 17.1. The van der Waals surface area contributed by atoms with Gasteiger partial charge in [0, 0.05) is 57.1 Å². The van der Waals surface area contributed by atoms with Gasteiger partial charge in [-0.1, -0.05) is 35.3 Å². The highest BCUT2D eigenvalue weighted by molar-refractivity contribution is 6.35. The molecule has 0 saturated heterocycles. The molecule has 1 atom stereocenters. The molecule has 12 nitrogen and oxygen atoms in total. The molecule has 0 radical (unpaired) electrons. The van der Waals surface area contributed by atoms with Gasteiger partial charge in [-0.15, -0.1) is 0 Å². The monoisotopic (exact) mass is 873 g/mol. The number of aromatic carboxylic acids is 1. The first kappa shape index (κ1) is 42.7. The molecule has 0 spiro atoms. The fourth-order valence-corrected chi connectivity index (χ4v) is 9.39. The molecule has 0 aliphatic carbocycles. The van der Waals surface area contributed by atoms with Crippen molar-refractivity contribution in [3.8, 4) is 22.6 Å². The maximum atomic E-state index is 15.6. The molecule has 1 aliphatic rings. The molecule has 62 heavy (non-hydrogen) atoms. The second kappa shape index (κ2) is 17.1. The van der Waals surface area contributed by atoms with E-state index in [1.165, 1.54) is 0 Å². The van der Waals surface area contributed by atoms with Crippen LogP contribution in [0.2, 0.25) is 10.0 Å². The molecule has 1 N–H and O–H groups in total. The number of aryl methyl sites for hydroxylation is 5. The molecule has 1 amide bonds. The Kier molecular flexibility index (Phi) is 11.8. The Bertz CT molecular complexity index is 2860. The van der Waals surface area contributed by atoms with E-state index >= 15 is 4.79 Å². The second-order valence-electron chi connectivity index (χ2n) is 16.3. The van der Waals surface area contributed by atoms with Gasteiger partial charge in [-0.25, -0.2) is 14.8 Å². The van der Waals surface area contributed by atoms with Crippen molar-refractivity contribution in [1.82, 2.24) is 29.0 Å². The van der Waals surface area contributed by atoms with Crippen LogP contribution in [-0.2, 0) is 19.5 Å². The summed E-state index contributed by atoms with van der Waals surface area (Å²) in [5.41, 5.74) is 9.18. The van der Waals surface area contributed by atoms with Crippen molar-refractivity contribution in [3.05, 3.63) is 128 Å². The first-order valence-corrected chi connectivity index (χ1v) is 21.3. The van der Waals surface area contributed by atoms with Crippen molar-refractivity contribution in [1.29, 1.82) is 0 Å². The molecular weight excluding hydrogens is 825 g/mol. The Balaban J connectivity index is 1.31. The Labute approximate surface area is 370 Å². The van der Waals surface area contributed by atoms with Crippen LogP contribution in [0.1, 0.15) is 80.0 Å². The zero-order valence-corrected chi connectivity index (χ0v) is 37.6. The number of carbonyl (C=O) groups is 2. The molecule has 1 unspecified atom stereocenters. The van der Waals surface area contributed by atoms with E-state index in [0.29, 0.717) is 70.6 Å². The number of hydrogen-bond donors (Lipinski definition) is 1. The average Bonchev–Trinajstić information content (AvgIpc) is 3.77. The number of fused-ring (bicyclic) bond motifs is 4. The fraction of sp³-hybridized carbons (Fsp3) is 0.312. The Morgan fingerprint density at radius 2 is 1.66 bits per heavy atom. The molecule has 7 aromatic rings. The predicted octanol–water partition coefficient (Wildman–Crippen LogP) is 10.0. The van der Waals surface area contributed by atoms with Crippen molar-refractivity contribution in [2.75, 3.05) is 39.3 Å². The molecule has 320 valence electrons. The fourth-order valence-electron chi connectivity index (χ4n) is 9.03. The zero-order chi connectivity index (χ0) is 44.1. The molecule has 0 fully saturated rings. The lowest BCUT2D eigenvalue weighted by Gasteiger charge is -2.35. The Hall–Kier alpha value is -5.95. The van der Waals surface area contributed by atoms with Crippen LogP contribution in [-0.4, -0.2) is 80.3 Å². The highest BCUT2D eigenvalue weighted by Gasteiger charge is 2.38. The number of rotatable bonds is 13. The maximum Gasteiger partial charge on any atom is 0.352 e. The first-order valence-electron chi connectivity index (χ1n) is 20.6. The van der Waals surface area contributed by atoms with Crippen LogP contribution in [0.15, 0.2) is 66.9 Å². The van der Waals surface area contributed by atoms with Gasteiger partial charge in [0.05, 0.1) is 54.2 Å². The standard InChI is InChI=1S/C48H49Cl2N7O5/c1-26-20-32(21-27(2)43(26)50)62-19-11-13-33-34-14-15-36(49)42(41-29(4)52-40(25-54(6)7)53-30(41)5)45(34)57-28(3)23-56(47(58)46(33)57)37-16-17-39(61-8)35-22-38(48(59)60)55(44(35)37)24-31-12-9-10-18-51-31/h9-10,12,14-18,20-22,28H,11,13,19,23-25H2,1-8H3,(H,59,60). The predicted molar refractivity (Wildman–Crippen MR) is 245 cm³/mol. The molecule has 1 aliphatic heterocycles. The van der Waals surface area contributed by atoms with Gasteiger partial charge in [-0.2, -0.15) is 0 Å². The van der Waals surface area contributed by atoms with E-state index in [1.807, 2.05) is 95.2 Å². The zero-order valence-electron chi connectivity index (χ0n) is 36.1. The van der Waals surface area contributed by atoms with Gasteiger partial charge in [0.2, 0.25) is 0 Å². The van der Waals surface area contributed by atoms with E-state index in [0.717, 1.165) is 60.9 Å². The van der Waals surface area contributed by atoms with Gasteiger partial charge in [0.1, 0.15) is 28.7 Å². The van der Waals surface area contributed by atoms with Crippen molar-refractivity contribution in [2.45, 2.75) is 66.6 Å². The summed E-state index contributed by atoms with van der Waals surface area (Å²) in [7, 11) is 5.52. The van der Waals surface area contributed by atoms with E-state index in [4.69, 9.17) is 42.6 Å². The smallest absolute Gasteiger partial charge is 0.352 e. The van der Waals surface area contributed by atoms with Crippen LogP contribution in [0.25, 0.3) is 32.9 Å². The minimum absolute atomic E-state index is 0.0543. The molecule has 0 saturated carbocycles. The largest absolute Gasteiger partial charge is 0.496 e. The van der Waals surface area contributed by atoms with Gasteiger partial charge in [0.25, 0.3) is 5.91 Å². The number of nitrogens with zero attached hydrogens (tertiary/aromatic N) is 7. The highest BCUT2D eigenvalue weighted by atomic mass is 35.5. The minimum Gasteiger partial charge on any atom is -0.496 e. The number of ether oxygens (including phenoxy) is 2. The number of pyridine rings is 1. The number of aromatic nitrogens is 5. The third-order valence-corrected chi connectivity index (χ3v) is 12.5. The van der Waals surface area contributed by atoms with E-state index < -0.39 is 5.97 Å². The molecule has 3 aromatic carbocycles. The normalized spacial score (nSPS) is 14.0. The molecule has 5 heterocycles. The quantitative estimate of drug-likeness (QED) is 0.113. The lowest BCUT2D eigenvalue weighted by atomic mass is 9.97. The summed E-state index contributed by atoms with van der Waals surface area (Å²) in [6, 6.07) is 18.3. The van der Waals surface area contributed by atoms with Crippen LogP contribution in [0.3, 0.4) is 0 Å². The lowest BCUT2D eigenvalue weighted by Crippen LogP contribution is -2.43. The summed E-state index contributed by atoms with van der Waals surface area (Å²) in [5.74, 6) is 0.616. The number of amides is 1. The highest BCUT2D eigenvalue weighted by Crippen LogP contribution is 2.46. The van der Waals surface area contributed by atoms with Crippen LogP contribution in [0.5, 0.6) is 11.5 Å². The van der Waals surface area contributed by atoms with Gasteiger partial charge < -0.3 is 33.5 Å². The summed E-state index contributed by atoms with van der Waals surface area (Å²) >= 11 is 13.7. The van der Waals surface area contributed by atoms with Crippen molar-refractivity contribution in [2.24, 2.45) is 0 Å². The van der Waals surface area contributed by atoms with Crippen molar-refractivity contribution in [3.63, 3.8) is 0 Å². The van der Waals surface area contributed by atoms with E-state index in [2.05, 4.69) is 16.5 Å². The molecule has 8 rings (SSSR count). The van der Waals surface area contributed by atoms with E-state index in [9.17, 15) is 9.90 Å². The van der Waals surface area contributed by atoms with E-state index in [1.54, 1.807) is 34.9 Å². The molecule has 0 bridgehead atoms. The molecule has 4 aromatic heterocycles. The third-order valence-electron chi connectivity index (χ3n) is 11.6. The molecule has 14 heteroatoms. The van der Waals surface area contributed by atoms with Crippen LogP contribution >= 0.6 is 23.2 Å². The number of benzene rings is 3. The van der Waals surface area contributed by atoms with Crippen LogP contribution in [0.4, 0.5) is 5.69 Å².